The highest BCUT2D eigenvalue weighted by atomic mass is 32.2. The molecule has 1 aromatic heterocycles. The molecule has 158 valence electrons. The van der Waals surface area contributed by atoms with Crippen molar-refractivity contribution in [3.05, 3.63) is 71.6 Å². The molecule has 0 saturated heterocycles. The Labute approximate surface area is 176 Å². The minimum Gasteiger partial charge on any atom is -0.354 e. The molecular weight excluding hydrogens is 402 g/mol. The lowest BCUT2D eigenvalue weighted by atomic mass is 10.0. The van der Waals surface area contributed by atoms with Gasteiger partial charge in [-0.3, -0.25) is 4.79 Å². The quantitative estimate of drug-likeness (QED) is 0.592. The molecular formula is C22H25N3O4S. The molecule has 0 aliphatic heterocycles. The van der Waals surface area contributed by atoms with E-state index < -0.39 is 26.7 Å². The summed E-state index contributed by atoms with van der Waals surface area (Å²) in [5.41, 5.74) is 2.89. The molecule has 0 saturated carbocycles. The number of hydrogen-bond donors (Lipinski definition) is 1. The van der Waals surface area contributed by atoms with E-state index in [-0.39, 0.29) is 11.8 Å². The summed E-state index contributed by atoms with van der Waals surface area (Å²) in [6.45, 7) is 5.65. The molecule has 0 fully saturated rings. The highest BCUT2D eigenvalue weighted by Crippen LogP contribution is 2.19. The number of sulfone groups is 1. The number of aryl methyl sites for hydroxylation is 1. The van der Waals surface area contributed by atoms with Crippen LogP contribution in [0.5, 0.6) is 0 Å². The van der Waals surface area contributed by atoms with Crippen LogP contribution in [-0.4, -0.2) is 36.3 Å². The van der Waals surface area contributed by atoms with E-state index in [1.807, 2.05) is 68.4 Å². The van der Waals surface area contributed by atoms with Crippen LogP contribution in [0.1, 0.15) is 36.8 Å². The molecule has 0 aliphatic carbocycles. The summed E-state index contributed by atoms with van der Waals surface area (Å²) in [7, 11) is -3.81. The van der Waals surface area contributed by atoms with Crippen LogP contribution in [0, 0.1) is 6.92 Å². The van der Waals surface area contributed by atoms with Gasteiger partial charge in [-0.1, -0.05) is 72.2 Å². The van der Waals surface area contributed by atoms with Crippen molar-refractivity contribution in [1.82, 2.24) is 15.5 Å². The van der Waals surface area contributed by atoms with Gasteiger partial charge in [0.25, 0.3) is 0 Å². The Morgan fingerprint density at radius 1 is 1.07 bits per heavy atom. The van der Waals surface area contributed by atoms with Crippen LogP contribution in [0.2, 0.25) is 0 Å². The average Bonchev–Trinajstić information content (AvgIpc) is 3.20. The largest absolute Gasteiger partial charge is 0.354 e. The Kier molecular flexibility index (Phi) is 6.66. The van der Waals surface area contributed by atoms with Crippen molar-refractivity contribution in [1.29, 1.82) is 0 Å². The van der Waals surface area contributed by atoms with Crippen LogP contribution in [0.15, 0.2) is 59.1 Å². The fourth-order valence-corrected chi connectivity index (χ4v) is 4.01. The van der Waals surface area contributed by atoms with Crippen molar-refractivity contribution in [2.24, 2.45) is 0 Å². The summed E-state index contributed by atoms with van der Waals surface area (Å²) in [5.74, 6) is -0.694. The van der Waals surface area contributed by atoms with Crippen LogP contribution >= 0.6 is 0 Å². The Balaban J connectivity index is 1.60. The van der Waals surface area contributed by atoms with E-state index in [0.717, 1.165) is 16.7 Å². The molecule has 0 spiro atoms. The van der Waals surface area contributed by atoms with Gasteiger partial charge >= 0.3 is 0 Å². The van der Waals surface area contributed by atoms with Gasteiger partial charge in [0.2, 0.25) is 17.6 Å². The SMILES string of the molecule is Cc1ccc(-c2noc(CS(=O)(=O)[C@H](C)C(=O)NC[C@H](C)c3ccccc3)n2)cc1. The summed E-state index contributed by atoms with van der Waals surface area (Å²) < 4.78 is 30.4. The van der Waals surface area contributed by atoms with E-state index in [0.29, 0.717) is 12.4 Å². The van der Waals surface area contributed by atoms with Crippen molar-refractivity contribution in [3.63, 3.8) is 0 Å². The van der Waals surface area contributed by atoms with Gasteiger partial charge in [-0.05, 0) is 25.3 Å². The Morgan fingerprint density at radius 2 is 1.73 bits per heavy atom. The molecule has 1 amide bonds. The molecule has 1 N–H and O–H groups in total. The second-order valence-electron chi connectivity index (χ2n) is 7.38. The van der Waals surface area contributed by atoms with Gasteiger partial charge in [0, 0.05) is 12.1 Å². The fourth-order valence-electron chi connectivity index (χ4n) is 2.89. The van der Waals surface area contributed by atoms with Crippen LogP contribution < -0.4 is 5.32 Å². The second-order valence-corrected chi connectivity index (χ2v) is 9.71. The van der Waals surface area contributed by atoms with Gasteiger partial charge in [0.1, 0.15) is 11.0 Å². The van der Waals surface area contributed by atoms with Gasteiger partial charge in [-0.15, -0.1) is 0 Å². The minimum absolute atomic E-state index is 0.0390. The number of rotatable bonds is 8. The van der Waals surface area contributed by atoms with Crippen LogP contribution in [0.25, 0.3) is 11.4 Å². The minimum atomic E-state index is -3.81. The van der Waals surface area contributed by atoms with Gasteiger partial charge in [-0.25, -0.2) is 8.42 Å². The summed E-state index contributed by atoms with van der Waals surface area (Å²) in [6.07, 6.45) is 0. The van der Waals surface area contributed by atoms with Crippen molar-refractivity contribution in [2.45, 2.75) is 37.7 Å². The smallest absolute Gasteiger partial charge is 0.242 e. The number of carbonyl (C=O) groups is 1. The zero-order chi connectivity index (χ0) is 21.7. The number of nitrogens with one attached hydrogen (secondary N) is 1. The predicted molar refractivity (Wildman–Crippen MR) is 114 cm³/mol. The standard InChI is InChI=1S/C22H25N3O4S/c1-15-9-11-19(12-10-15)21-24-20(29-25-21)14-30(27,28)17(3)22(26)23-13-16(2)18-7-5-4-6-8-18/h4-12,16-17H,13-14H2,1-3H3,(H,23,26)/t16-,17+/m0/s1. The monoisotopic (exact) mass is 427 g/mol. The van der Waals surface area contributed by atoms with Crippen molar-refractivity contribution >= 4 is 15.7 Å². The normalized spacial score (nSPS) is 13.6. The highest BCUT2D eigenvalue weighted by Gasteiger charge is 2.30. The first-order chi connectivity index (χ1) is 14.3. The Morgan fingerprint density at radius 3 is 2.40 bits per heavy atom. The summed E-state index contributed by atoms with van der Waals surface area (Å²) >= 11 is 0. The third-order valence-corrected chi connectivity index (χ3v) is 6.90. The number of nitrogens with zero attached hydrogens (tertiary/aromatic N) is 2. The number of benzene rings is 2. The van der Waals surface area contributed by atoms with E-state index in [1.54, 1.807) is 0 Å². The molecule has 0 radical (unpaired) electrons. The van der Waals surface area contributed by atoms with Gasteiger partial charge < -0.3 is 9.84 Å². The van der Waals surface area contributed by atoms with E-state index in [9.17, 15) is 13.2 Å². The van der Waals surface area contributed by atoms with Crippen LogP contribution in [0.4, 0.5) is 0 Å². The van der Waals surface area contributed by atoms with Crippen LogP contribution in [-0.2, 0) is 20.4 Å². The average molecular weight is 428 g/mol. The molecule has 8 heteroatoms. The van der Waals surface area contributed by atoms with Gasteiger partial charge in [0.15, 0.2) is 9.84 Å². The van der Waals surface area contributed by atoms with Gasteiger partial charge in [0.05, 0.1) is 0 Å². The van der Waals surface area contributed by atoms with Crippen molar-refractivity contribution in [2.75, 3.05) is 6.54 Å². The molecule has 2 aromatic carbocycles. The molecule has 3 rings (SSSR count). The number of carbonyl (C=O) groups excluding carboxylic acids is 1. The predicted octanol–water partition coefficient (Wildman–Crippen LogP) is 3.27. The zero-order valence-electron chi connectivity index (χ0n) is 17.2. The third-order valence-electron chi connectivity index (χ3n) is 4.96. The molecule has 30 heavy (non-hydrogen) atoms. The second kappa shape index (κ2) is 9.21. The number of aromatic nitrogens is 2. The van der Waals surface area contributed by atoms with E-state index in [2.05, 4.69) is 15.5 Å². The topological polar surface area (TPSA) is 102 Å². The lowest BCUT2D eigenvalue weighted by Crippen LogP contribution is -2.40. The zero-order valence-corrected chi connectivity index (χ0v) is 18.0. The molecule has 0 aliphatic rings. The Hall–Kier alpha value is -3.00. The first-order valence-corrected chi connectivity index (χ1v) is 11.4. The maximum Gasteiger partial charge on any atom is 0.242 e. The van der Waals surface area contributed by atoms with Crippen molar-refractivity contribution in [3.8, 4) is 11.4 Å². The lowest BCUT2D eigenvalue weighted by Gasteiger charge is -2.16. The fraction of sp³-hybridized carbons (Fsp3) is 0.318. The molecule has 0 unspecified atom stereocenters. The first kappa shape index (κ1) is 21.7. The van der Waals surface area contributed by atoms with E-state index in [1.165, 1.54) is 6.92 Å². The molecule has 2 atom stereocenters. The van der Waals surface area contributed by atoms with Crippen LogP contribution in [0.3, 0.4) is 0 Å². The number of amides is 1. The Bertz CT molecular complexity index is 1090. The maximum absolute atomic E-state index is 12.7. The van der Waals surface area contributed by atoms with Gasteiger partial charge in [-0.2, -0.15) is 4.98 Å². The van der Waals surface area contributed by atoms with Crippen molar-refractivity contribution < 1.29 is 17.7 Å². The van der Waals surface area contributed by atoms with E-state index in [4.69, 9.17) is 4.52 Å². The third kappa shape index (κ3) is 5.33. The molecule has 3 aromatic rings. The highest BCUT2D eigenvalue weighted by molar-refractivity contribution is 7.92. The maximum atomic E-state index is 12.7. The summed E-state index contributed by atoms with van der Waals surface area (Å²) in [5, 5.41) is 5.34. The van der Waals surface area contributed by atoms with E-state index >= 15 is 0 Å². The molecule has 0 bridgehead atoms. The summed E-state index contributed by atoms with van der Waals surface area (Å²) in [6, 6.07) is 17.2. The lowest BCUT2D eigenvalue weighted by molar-refractivity contribution is -0.120. The summed E-state index contributed by atoms with van der Waals surface area (Å²) in [4.78, 5) is 16.6. The first-order valence-electron chi connectivity index (χ1n) is 9.70. The number of hydrogen-bond acceptors (Lipinski definition) is 6. The molecule has 1 heterocycles. The molecule has 7 nitrogen and oxygen atoms in total.